The third-order valence-electron chi connectivity index (χ3n) is 3.98. The molecule has 1 N–H and O–H groups in total. The quantitative estimate of drug-likeness (QED) is 0.669. The normalized spacial score (nSPS) is 12.0. The number of hydrogen-bond donors (Lipinski definition) is 1. The summed E-state index contributed by atoms with van der Waals surface area (Å²) in [4.78, 5) is 28.3. The van der Waals surface area contributed by atoms with Gasteiger partial charge < -0.3 is 4.57 Å². The van der Waals surface area contributed by atoms with Gasteiger partial charge >= 0.3 is 5.69 Å². The summed E-state index contributed by atoms with van der Waals surface area (Å²) in [5.74, 6) is 0. The summed E-state index contributed by atoms with van der Waals surface area (Å²) in [5, 5.41) is -0.322. The van der Waals surface area contributed by atoms with Gasteiger partial charge in [-0.3, -0.25) is 13.9 Å². The first-order chi connectivity index (χ1) is 11.7. The van der Waals surface area contributed by atoms with Crippen molar-refractivity contribution in [3.05, 3.63) is 56.7 Å². The van der Waals surface area contributed by atoms with Crippen molar-refractivity contribution in [2.45, 2.75) is 11.7 Å². The molecule has 2 aromatic heterocycles. The zero-order valence-corrected chi connectivity index (χ0v) is 14.7. The van der Waals surface area contributed by atoms with Crippen LogP contribution in [0.3, 0.4) is 0 Å². The summed E-state index contributed by atoms with van der Waals surface area (Å²) in [6.45, 7) is 0.0866. The third-order valence-corrected chi connectivity index (χ3v) is 5.35. The maximum atomic E-state index is 12.6. The van der Waals surface area contributed by atoms with Crippen molar-refractivity contribution in [3.63, 3.8) is 0 Å². The number of imidazole rings is 1. The lowest BCUT2D eigenvalue weighted by Gasteiger charge is -2.06. The predicted octanol–water partition coefficient (Wildman–Crippen LogP) is -0.551. The molecule has 2 heterocycles. The Morgan fingerprint density at radius 2 is 1.64 bits per heavy atom. The fourth-order valence-corrected chi connectivity index (χ4v) is 3.72. The van der Waals surface area contributed by atoms with E-state index in [1.807, 2.05) is 6.07 Å². The molecule has 0 bridgehead atoms. The van der Waals surface area contributed by atoms with E-state index in [1.54, 1.807) is 24.3 Å². The van der Waals surface area contributed by atoms with Gasteiger partial charge in [-0.1, -0.05) is 30.3 Å². The third kappa shape index (κ3) is 2.79. The van der Waals surface area contributed by atoms with Gasteiger partial charge in [0.25, 0.3) is 15.6 Å². The Morgan fingerprint density at radius 3 is 2.28 bits per heavy atom. The minimum Gasteiger partial charge on any atom is -0.311 e. The highest BCUT2D eigenvalue weighted by Gasteiger charge is 2.25. The Hall–Kier alpha value is -2.72. The lowest BCUT2D eigenvalue weighted by Crippen LogP contribution is -2.37. The van der Waals surface area contributed by atoms with Gasteiger partial charge in [-0.25, -0.2) is 17.9 Å². The lowest BCUT2D eigenvalue weighted by atomic mass is 10.2. The monoisotopic (exact) mass is 363 g/mol. The number of benzene rings is 1. The van der Waals surface area contributed by atoms with Crippen LogP contribution >= 0.6 is 0 Å². The van der Waals surface area contributed by atoms with Crippen molar-refractivity contribution in [1.82, 2.24) is 23.4 Å². The zero-order valence-electron chi connectivity index (χ0n) is 13.9. The Bertz CT molecular complexity index is 1170. The standard InChI is InChI=1S/C15H17N5O4S/c1-18-11-12(19(2)15(22)20(3)13(11)21)17-14(18)25(23,24)16-9-10-7-5-4-6-8-10/h4-8,16H,9H2,1-3H3. The lowest BCUT2D eigenvalue weighted by molar-refractivity contribution is 0.565. The van der Waals surface area contributed by atoms with Crippen LogP contribution in [0.5, 0.6) is 0 Å². The molecule has 25 heavy (non-hydrogen) atoms. The smallest absolute Gasteiger partial charge is 0.311 e. The second-order valence-corrected chi connectivity index (χ2v) is 7.30. The second kappa shape index (κ2) is 5.97. The van der Waals surface area contributed by atoms with Gasteiger partial charge in [0.2, 0.25) is 5.16 Å². The van der Waals surface area contributed by atoms with E-state index < -0.39 is 21.3 Å². The number of sulfonamides is 1. The largest absolute Gasteiger partial charge is 0.332 e. The average molecular weight is 363 g/mol. The summed E-state index contributed by atoms with van der Waals surface area (Å²) in [6, 6.07) is 9.02. The molecule has 1 aromatic carbocycles. The number of hydrogen-bond acceptors (Lipinski definition) is 5. The molecular weight excluding hydrogens is 346 g/mol. The number of aromatic nitrogens is 4. The van der Waals surface area contributed by atoms with Gasteiger partial charge in [-0.05, 0) is 5.56 Å². The minimum atomic E-state index is -3.97. The Kier molecular flexibility index (Phi) is 4.09. The maximum Gasteiger partial charge on any atom is 0.332 e. The molecule has 0 saturated carbocycles. The molecule has 0 spiro atoms. The van der Waals surface area contributed by atoms with E-state index in [0.29, 0.717) is 0 Å². The molecule has 0 fully saturated rings. The van der Waals surface area contributed by atoms with Crippen molar-refractivity contribution in [3.8, 4) is 0 Å². The molecule has 0 aliphatic heterocycles. The van der Waals surface area contributed by atoms with Crippen molar-refractivity contribution >= 4 is 21.2 Å². The fourth-order valence-electron chi connectivity index (χ4n) is 2.58. The first-order valence-electron chi connectivity index (χ1n) is 7.40. The number of aryl methyl sites for hydroxylation is 2. The van der Waals surface area contributed by atoms with Gasteiger partial charge in [0.1, 0.15) is 0 Å². The molecule has 3 aromatic rings. The number of nitrogens with one attached hydrogen (secondary N) is 1. The molecular formula is C15H17N5O4S. The van der Waals surface area contributed by atoms with Crippen LogP contribution in [0.4, 0.5) is 0 Å². The molecule has 0 atom stereocenters. The van der Waals surface area contributed by atoms with Crippen LogP contribution in [0.15, 0.2) is 45.1 Å². The summed E-state index contributed by atoms with van der Waals surface area (Å²) < 4.78 is 30.9. The van der Waals surface area contributed by atoms with Crippen molar-refractivity contribution in [1.29, 1.82) is 0 Å². The van der Waals surface area contributed by atoms with Gasteiger partial charge in [-0.2, -0.15) is 4.98 Å². The molecule has 10 heteroatoms. The van der Waals surface area contributed by atoms with E-state index in [0.717, 1.165) is 14.7 Å². The highest BCUT2D eigenvalue weighted by atomic mass is 32.2. The molecule has 0 unspecified atom stereocenters. The van der Waals surface area contributed by atoms with Gasteiger partial charge in [0.05, 0.1) is 0 Å². The van der Waals surface area contributed by atoms with E-state index in [-0.39, 0.29) is 22.9 Å². The predicted molar refractivity (Wildman–Crippen MR) is 91.7 cm³/mol. The molecule has 0 aliphatic rings. The summed E-state index contributed by atoms with van der Waals surface area (Å²) in [5.41, 5.74) is -0.317. The average Bonchev–Trinajstić information content (AvgIpc) is 2.96. The second-order valence-electron chi connectivity index (χ2n) is 5.64. The van der Waals surface area contributed by atoms with Crippen LogP contribution in [0.2, 0.25) is 0 Å². The number of rotatable bonds is 4. The first-order valence-corrected chi connectivity index (χ1v) is 8.88. The van der Waals surface area contributed by atoms with Crippen LogP contribution in [0.25, 0.3) is 11.2 Å². The Labute approximate surface area is 143 Å². The number of fused-ring (bicyclic) bond motifs is 1. The highest BCUT2D eigenvalue weighted by Crippen LogP contribution is 2.14. The molecule has 0 saturated heterocycles. The minimum absolute atomic E-state index is 0.0238. The fraction of sp³-hybridized carbons (Fsp3) is 0.267. The van der Waals surface area contributed by atoms with Crippen molar-refractivity contribution in [2.24, 2.45) is 21.1 Å². The number of nitrogens with zero attached hydrogens (tertiary/aromatic N) is 4. The molecule has 3 rings (SSSR count). The van der Waals surface area contributed by atoms with Gasteiger partial charge in [0, 0.05) is 27.7 Å². The summed E-state index contributed by atoms with van der Waals surface area (Å²) in [6.07, 6.45) is 0. The van der Waals surface area contributed by atoms with E-state index in [1.165, 1.54) is 25.7 Å². The van der Waals surface area contributed by atoms with Crippen LogP contribution < -0.4 is 16.0 Å². The molecule has 9 nitrogen and oxygen atoms in total. The van der Waals surface area contributed by atoms with Crippen LogP contribution in [0, 0.1) is 0 Å². The van der Waals surface area contributed by atoms with Crippen molar-refractivity contribution in [2.75, 3.05) is 0 Å². The maximum absolute atomic E-state index is 12.6. The van der Waals surface area contributed by atoms with Crippen LogP contribution in [-0.4, -0.2) is 27.1 Å². The van der Waals surface area contributed by atoms with E-state index in [9.17, 15) is 18.0 Å². The Morgan fingerprint density at radius 1 is 1.00 bits per heavy atom. The highest BCUT2D eigenvalue weighted by molar-refractivity contribution is 7.89. The van der Waals surface area contributed by atoms with E-state index in [4.69, 9.17) is 0 Å². The summed E-state index contributed by atoms with van der Waals surface area (Å²) >= 11 is 0. The molecule has 0 amide bonds. The first kappa shape index (κ1) is 17.1. The summed E-state index contributed by atoms with van der Waals surface area (Å²) in [7, 11) is 0.225. The van der Waals surface area contributed by atoms with E-state index in [2.05, 4.69) is 9.71 Å². The molecule has 132 valence electrons. The van der Waals surface area contributed by atoms with Gasteiger partial charge in [-0.15, -0.1) is 0 Å². The van der Waals surface area contributed by atoms with Gasteiger partial charge in [0.15, 0.2) is 11.2 Å². The molecule has 0 radical (unpaired) electrons. The SMILES string of the molecule is Cn1c(=O)c2c(nc(S(=O)(=O)NCc3ccccc3)n2C)n(C)c1=O. The van der Waals surface area contributed by atoms with Crippen molar-refractivity contribution < 1.29 is 8.42 Å². The zero-order chi connectivity index (χ0) is 18.4. The van der Waals surface area contributed by atoms with Crippen LogP contribution in [-0.2, 0) is 37.7 Å². The van der Waals surface area contributed by atoms with Crippen LogP contribution in [0.1, 0.15) is 5.56 Å². The topological polar surface area (TPSA) is 108 Å². The Balaban J connectivity index is 2.11. The molecule has 0 aliphatic carbocycles. The van der Waals surface area contributed by atoms with E-state index >= 15 is 0 Å².